The summed E-state index contributed by atoms with van der Waals surface area (Å²) in [4.78, 5) is 26.5. The Morgan fingerprint density at radius 1 is 1.00 bits per heavy atom. The van der Waals surface area contributed by atoms with E-state index in [4.69, 9.17) is 25.8 Å². The molecule has 0 N–H and O–H groups in total. The molecule has 2 amide bonds. The highest BCUT2D eigenvalue weighted by molar-refractivity contribution is 8.19. The van der Waals surface area contributed by atoms with E-state index in [0.29, 0.717) is 33.5 Å². The molecule has 2 aromatic rings. The van der Waals surface area contributed by atoms with Crippen LogP contribution in [0.3, 0.4) is 0 Å². The number of methoxy groups -OCH3 is 3. The van der Waals surface area contributed by atoms with Crippen molar-refractivity contribution in [1.82, 2.24) is 0 Å². The Morgan fingerprint density at radius 2 is 1.74 bits per heavy atom. The van der Waals surface area contributed by atoms with Crippen molar-refractivity contribution in [2.24, 2.45) is 0 Å². The summed E-state index contributed by atoms with van der Waals surface area (Å²) in [7, 11) is 4.51. The van der Waals surface area contributed by atoms with E-state index >= 15 is 0 Å². The molecule has 1 heterocycles. The Kier molecular flexibility index (Phi) is 5.62. The number of anilines is 1. The van der Waals surface area contributed by atoms with Gasteiger partial charge in [0.15, 0.2) is 11.5 Å². The molecule has 0 unspecified atom stereocenters. The highest BCUT2D eigenvalue weighted by atomic mass is 35.5. The van der Waals surface area contributed by atoms with Gasteiger partial charge >= 0.3 is 0 Å². The van der Waals surface area contributed by atoms with Crippen molar-refractivity contribution >= 4 is 46.3 Å². The van der Waals surface area contributed by atoms with Crippen LogP contribution in [0.2, 0.25) is 5.02 Å². The minimum Gasteiger partial charge on any atom is -0.493 e. The van der Waals surface area contributed by atoms with Crippen molar-refractivity contribution in [2.75, 3.05) is 26.2 Å². The molecule has 0 spiro atoms. The number of ether oxygens (including phenoxy) is 3. The number of rotatable bonds is 5. The number of thioether (sulfide) groups is 1. The predicted octanol–water partition coefficient (Wildman–Crippen LogP) is 4.61. The van der Waals surface area contributed by atoms with E-state index in [0.717, 1.165) is 16.7 Å². The van der Waals surface area contributed by atoms with Crippen LogP contribution >= 0.6 is 23.4 Å². The molecule has 1 saturated heterocycles. The topological polar surface area (TPSA) is 65.1 Å². The monoisotopic (exact) mass is 405 g/mol. The van der Waals surface area contributed by atoms with Gasteiger partial charge in [-0.3, -0.25) is 9.59 Å². The lowest BCUT2D eigenvalue weighted by Gasteiger charge is -2.14. The van der Waals surface area contributed by atoms with Gasteiger partial charge in [-0.25, -0.2) is 4.90 Å². The lowest BCUT2D eigenvalue weighted by atomic mass is 10.1. The van der Waals surface area contributed by atoms with E-state index in [-0.39, 0.29) is 4.91 Å². The normalized spacial score (nSPS) is 15.4. The van der Waals surface area contributed by atoms with Gasteiger partial charge in [0.25, 0.3) is 11.1 Å². The van der Waals surface area contributed by atoms with Gasteiger partial charge in [0.2, 0.25) is 5.75 Å². The molecule has 8 heteroatoms. The van der Waals surface area contributed by atoms with Crippen LogP contribution in [-0.4, -0.2) is 32.5 Å². The average Bonchev–Trinajstić information content (AvgIpc) is 2.94. The molecule has 140 valence electrons. The standard InChI is InChI=1S/C19H16ClNO5S/c1-24-14-8-7-11(16(25-2)17(14)26-3)9-15-18(22)21(19(23)27-15)13-6-4-5-12(20)10-13/h4-10H,1-3H3/b15-9+. The summed E-state index contributed by atoms with van der Waals surface area (Å²) in [5, 5.41) is 0.0463. The number of nitrogens with zero attached hydrogens (tertiary/aromatic N) is 1. The molecule has 6 nitrogen and oxygen atoms in total. The van der Waals surface area contributed by atoms with Crippen LogP contribution in [0.4, 0.5) is 10.5 Å². The molecule has 3 rings (SSSR count). The quantitative estimate of drug-likeness (QED) is 0.677. The molecule has 0 saturated carbocycles. The van der Waals surface area contributed by atoms with Gasteiger partial charge in [-0.05, 0) is 48.2 Å². The number of benzene rings is 2. The van der Waals surface area contributed by atoms with Crippen molar-refractivity contribution in [1.29, 1.82) is 0 Å². The average molecular weight is 406 g/mol. The van der Waals surface area contributed by atoms with Crippen LogP contribution in [0.5, 0.6) is 17.2 Å². The number of halogens is 1. The summed E-state index contributed by atoms with van der Waals surface area (Å²) in [6.07, 6.45) is 1.59. The number of hydrogen-bond donors (Lipinski definition) is 0. The van der Waals surface area contributed by atoms with Crippen LogP contribution in [0.25, 0.3) is 6.08 Å². The van der Waals surface area contributed by atoms with E-state index in [1.165, 1.54) is 21.3 Å². The van der Waals surface area contributed by atoms with Gasteiger partial charge in [0, 0.05) is 10.6 Å². The van der Waals surface area contributed by atoms with Gasteiger partial charge in [-0.2, -0.15) is 0 Å². The van der Waals surface area contributed by atoms with Gasteiger partial charge in [0.05, 0.1) is 31.9 Å². The summed E-state index contributed by atoms with van der Waals surface area (Å²) in [6, 6.07) is 10.0. The molecule has 0 bridgehead atoms. The molecule has 0 aromatic heterocycles. The molecule has 0 radical (unpaired) electrons. The summed E-state index contributed by atoms with van der Waals surface area (Å²) in [6.45, 7) is 0. The number of amides is 2. The molecule has 1 aliphatic heterocycles. The van der Waals surface area contributed by atoms with E-state index in [1.54, 1.807) is 42.5 Å². The summed E-state index contributed by atoms with van der Waals surface area (Å²) >= 11 is 6.82. The van der Waals surface area contributed by atoms with Crippen LogP contribution < -0.4 is 19.1 Å². The Labute approximate surface area is 165 Å². The molecule has 2 aromatic carbocycles. The summed E-state index contributed by atoms with van der Waals surface area (Å²) < 4.78 is 16.0. The van der Waals surface area contributed by atoms with Gasteiger partial charge < -0.3 is 14.2 Å². The Balaban J connectivity index is 2.01. The molecule has 0 atom stereocenters. The van der Waals surface area contributed by atoms with Crippen LogP contribution in [0.1, 0.15) is 5.56 Å². The number of hydrogen-bond acceptors (Lipinski definition) is 6. The maximum atomic E-state index is 12.8. The first kappa shape index (κ1) is 19.1. The Morgan fingerprint density at radius 3 is 2.37 bits per heavy atom. The third-order valence-electron chi connectivity index (χ3n) is 3.88. The fourth-order valence-corrected chi connectivity index (χ4v) is 3.70. The second-order valence-corrected chi connectivity index (χ2v) is 6.85. The largest absolute Gasteiger partial charge is 0.493 e. The van der Waals surface area contributed by atoms with Crippen molar-refractivity contribution in [3.63, 3.8) is 0 Å². The number of carbonyl (C=O) groups excluding carboxylic acids is 2. The lowest BCUT2D eigenvalue weighted by Crippen LogP contribution is -2.27. The lowest BCUT2D eigenvalue weighted by molar-refractivity contribution is -0.113. The minimum absolute atomic E-state index is 0.269. The van der Waals surface area contributed by atoms with E-state index < -0.39 is 11.1 Å². The first-order valence-electron chi connectivity index (χ1n) is 7.82. The molecule has 1 fully saturated rings. The molecule has 0 aliphatic carbocycles. The Hall–Kier alpha value is -2.64. The molecule has 27 heavy (non-hydrogen) atoms. The van der Waals surface area contributed by atoms with Crippen molar-refractivity contribution in [2.45, 2.75) is 0 Å². The predicted molar refractivity (Wildman–Crippen MR) is 106 cm³/mol. The highest BCUT2D eigenvalue weighted by Crippen LogP contribution is 2.43. The third-order valence-corrected chi connectivity index (χ3v) is 4.99. The van der Waals surface area contributed by atoms with Crippen LogP contribution in [0.15, 0.2) is 41.3 Å². The van der Waals surface area contributed by atoms with Crippen molar-refractivity contribution in [3.8, 4) is 17.2 Å². The summed E-state index contributed by atoms with van der Waals surface area (Å²) in [5.41, 5.74) is 1.01. The van der Waals surface area contributed by atoms with E-state index in [2.05, 4.69) is 0 Å². The highest BCUT2D eigenvalue weighted by Gasteiger charge is 2.36. The van der Waals surface area contributed by atoms with Crippen molar-refractivity contribution in [3.05, 3.63) is 51.9 Å². The van der Waals surface area contributed by atoms with Gasteiger partial charge in [-0.1, -0.05) is 17.7 Å². The first-order chi connectivity index (χ1) is 13.0. The Bertz CT molecular complexity index is 944. The van der Waals surface area contributed by atoms with Crippen LogP contribution in [-0.2, 0) is 4.79 Å². The fraction of sp³-hybridized carbons (Fsp3) is 0.158. The zero-order valence-electron chi connectivity index (χ0n) is 14.8. The van der Waals surface area contributed by atoms with E-state index in [9.17, 15) is 9.59 Å². The van der Waals surface area contributed by atoms with Crippen LogP contribution in [0, 0.1) is 0 Å². The minimum atomic E-state index is -0.427. The molecular formula is C19H16ClNO5S. The maximum absolute atomic E-state index is 12.8. The third kappa shape index (κ3) is 3.61. The molecular weight excluding hydrogens is 390 g/mol. The second-order valence-electron chi connectivity index (χ2n) is 5.42. The van der Waals surface area contributed by atoms with E-state index in [1.807, 2.05) is 0 Å². The SMILES string of the molecule is COc1ccc(/C=C2/SC(=O)N(c3cccc(Cl)c3)C2=O)c(OC)c1OC. The van der Waals surface area contributed by atoms with Crippen molar-refractivity contribution < 1.29 is 23.8 Å². The second kappa shape index (κ2) is 7.94. The number of imide groups is 1. The first-order valence-corrected chi connectivity index (χ1v) is 9.02. The zero-order chi connectivity index (χ0) is 19.6. The smallest absolute Gasteiger partial charge is 0.298 e. The zero-order valence-corrected chi connectivity index (χ0v) is 16.4. The fourth-order valence-electron chi connectivity index (χ4n) is 2.68. The van der Waals surface area contributed by atoms with Gasteiger partial charge in [0.1, 0.15) is 0 Å². The number of carbonyl (C=O) groups is 2. The van der Waals surface area contributed by atoms with Gasteiger partial charge in [-0.15, -0.1) is 0 Å². The maximum Gasteiger partial charge on any atom is 0.298 e. The molecule has 1 aliphatic rings. The summed E-state index contributed by atoms with van der Waals surface area (Å²) in [5.74, 6) is 0.886.